The number of piperidine rings is 1. The van der Waals surface area contributed by atoms with Crippen molar-refractivity contribution in [3.63, 3.8) is 0 Å². The van der Waals surface area contributed by atoms with Gasteiger partial charge in [-0.3, -0.25) is 0 Å². The number of aliphatic hydroxyl groups excluding tert-OH is 1. The Labute approximate surface area is 142 Å². The van der Waals surface area contributed by atoms with Crippen molar-refractivity contribution in [1.82, 2.24) is 10.2 Å². The number of carbonyl (C=O) groups excluding carboxylic acids is 1. The van der Waals surface area contributed by atoms with E-state index in [0.717, 1.165) is 29.4 Å². The van der Waals surface area contributed by atoms with E-state index in [1.807, 2.05) is 35.2 Å². The molecule has 3 rings (SSSR count). The number of carbonyl (C=O) groups is 1. The molecule has 24 heavy (non-hydrogen) atoms. The fourth-order valence-electron chi connectivity index (χ4n) is 3.07. The molecule has 1 heterocycles. The minimum Gasteiger partial charge on any atom is -0.491 e. The molecule has 1 aliphatic heterocycles. The van der Waals surface area contributed by atoms with Gasteiger partial charge in [0.2, 0.25) is 0 Å². The molecule has 0 bridgehead atoms. The van der Waals surface area contributed by atoms with Gasteiger partial charge in [0.15, 0.2) is 0 Å². The Kier molecular flexibility index (Phi) is 5.54. The number of aliphatic hydroxyl groups is 1. The zero-order valence-electron chi connectivity index (χ0n) is 13.8. The summed E-state index contributed by atoms with van der Waals surface area (Å²) in [5.74, 6) is 1.18. The number of fused-ring (bicyclic) bond motifs is 1. The highest BCUT2D eigenvalue weighted by Crippen LogP contribution is 2.24. The maximum absolute atomic E-state index is 12.1. The number of benzene rings is 2. The third-order valence-corrected chi connectivity index (χ3v) is 4.55. The number of amides is 2. The predicted molar refractivity (Wildman–Crippen MR) is 94.2 cm³/mol. The molecule has 2 aromatic carbocycles. The van der Waals surface area contributed by atoms with Gasteiger partial charge in [-0.15, -0.1) is 0 Å². The van der Waals surface area contributed by atoms with Gasteiger partial charge >= 0.3 is 6.03 Å². The van der Waals surface area contributed by atoms with Crippen molar-refractivity contribution in [2.45, 2.75) is 12.8 Å². The molecule has 2 aromatic rings. The molecule has 0 radical (unpaired) electrons. The lowest BCUT2D eigenvalue weighted by atomic mass is 9.98. The Morgan fingerprint density at radius 2 is 1.92 bits per heavy atom. The molecule has 2 amide bonds. The summed E-state index contributed by atoms with van der Waals surface area (Å²) in [4.78, 5) is 13.9. The largest absolute Gasteiger partial charge is 0.491 e. The summed E-state index contributed by atoms with van der Waals surface area (Å²) in [6.45, 7) is 2.55. The Morgan fingerprint density at radius 3 is 2.71 bits per heavy atom. The fourth-order valence-corrected chi connectivity index (χ4v) is 3.07. The number of rotatable bonds is 5. The molecule has 1 aliphatic rings. The minimum absolute atomic E-state index is 0.0482. The molecule has 1 saturated heterocycles. The van der Waals surface area contributed by atoms with E-state index in [9.17, 15) is 4.79 Å². The second-order valence-electron chi connectivity index (χ2n) is 6.17. The number of ether oxygens (including phenoxy) is 1. The van der Waals surface area contributed by atoms with Crippen molar-refractivity contribution < 1.29 is 14.6 Å². The highest BCUT2D eigenvalue weighted by atomic mass is 16.5. The first kappa shape index (κ1) is 16.6. The molecule has 5 nitrogen and oxygen atoms in total. The predicted octanol–water partition coefficient (Wildman–Crippen LogP) is 2.63. The van der Waals surface area contributed by atoms with Crippen LogP contribution in [0.15, 0.2) is 42.5 Å². The van der Waals surface area contributed by atoms with Crippen LogP contribution in [0.25, 0.3) is 10.8 Å². The highest BCUT2D eigenvalue weighted by Gasteiger charge is 2.21. The average Bonchev–Trinajstić information content (AvgIpc) is 2.65. The summed E-state index contributed by atoms with van der Waals surface area (Å²) in [7, 11) is 0. The first-order valence-electron chi connectivity index (χ1n) is 8.52. The van der Waals surface area contributed by atoms with Crippen LogP contribution in [0.3, 0.4) is 0 Å². The summed E-state index contributed by atoms with van der Waals surface area (Å²) >= 11 is 0. The van der Waals surface area contributed by atoms with Gasteiger partial charge in [0.1, 0.15) is 12.4 Å². The van der Waals surface area contributed by atoms with Crippen molar-refractivity contribution in [2.24, 2.45) is 5.92 Å². The van der Waals surface area contributed by atoms with E-state index in [1.165, 1.54) is 0 Å². The van der Waals surface area contributed by atoms with E-state index in [4.69, 9.17) is 9.84 Å². The Hall–Kier alpha value is -2.27. The minimum atomic E-state index is -0.0482. The molecule has 0 unspecified atom stereocenters. The van der Waals surface area contributed by atoms with Crippen LogP contribution in [0, 0.1) is 5.92 Å². The summed E-state index contributed by atoms with van der Waals surface area (Å²) in [5.41, 5.74) is 0. The van der Waals surface area contributed by atoms with Gasteiger partial charge in [-0.25, -0.2) is 4.79 Å². The molecule has 128 valence electrons. The number of hydrogen-bond donors (Lipinski definition) is 2. The molecular weight excluding hydrogens is 304 g/mol. The maximum atomic E-state index is 12.1. The summed E-state index contributed by atoms with van der Waals surface area (Å²) in [6.07, 6.45) is 1.74. The third-order valence-electron chi connectivity index (χ3n) is 4.55. The average molecular weight is 328 g/mol. The standard InChI is InChI=1S/C19H24N2O3/c22-14-15-8-11-21(12-9-15)19(23)20-10-13-24-18-7-3-5-16-4-1-2-6-17(16)18/h1-7,15,22H,8-14H2,(H,20,23). The molecule has 1 fully saturated rings. The van der Waals surface area contributed by atoms with E-state index in [-0.39, 0.29) is 12.6 Å². The number of hydrogen-bond acceptors (Lipinski definition) is 3. The lowest BCUT2D eigenvalue weighted by Crippen LogP contribution is -2.45. The molecule has 5 heteroatoms. The second kappa shape index (κ2) is 8.02. The van der Waals surface area contributed by atoms with Crippen LogP contribution in [0.1, 0.15) is 12.8 Å². The van der Waals surface area contributed by atoms with Crippen LogP contribution in [-0.2, 0) is 0 Å². The van der Waals surface area contributed by atoms with Crippen LogP contribution in [-0.4, -0.2) is 48.9 Å². The maximum Gasteiger partial charge on any atom is 0.317 e. The zero-order valence-corrected chi connectivity index (χ0v) is 13.8. The highest BCUT2D eigenvalue weighted by molar-refractivity contribution is 5.88. The van der Waals surface area contributed by atoms with Crippen molar-refractivity contribution in [1.29, 1.82) is 0 Å². The number of nitrogens with one attached hydrogen (secondary N) is 1. The summed E-state index contributed by atoms with van der Waals surface area (Å²) in [5, 5.41) is 14.3. The Balaban J connectivity index is 1.44. The van der Waals surface area contributed by atoms with Crippen LogP contribution in [0.5, 0.6) is 5.75 Å². The van der Waals surface area contributed by atoms with E-state index >= 15 is 0 Å². The number of nitrogens with zero attached hydrogens (tertiary/aromatic N) is 1. The van der Waals surface area contributed by atoms with Crippen LogP contribution in [0.2, 0.25) is 0 Å². The van der Waals surface area contributed by atoms with Gasteiger partial charge in [-0.05, 0) is 30.2 Å². The van der Waals surface area contributed by atoms with Crippen LogP contribution >= 0.6 is 0 Å². The molecular formula is C19H24N2O3. The van der Waals surface area contributed by atoms with E-state index in [0.29, 0.717) is 32.2 Å². The number of likely N-dealkylation sites (tertiary alicyclic amines) is 1. The van der Waals surface area contributed by atoms with Gasteiger partial charge in [-0.2, -0.15) is 0 Å². The Bertz CT molecular complexity index is 676. The van der Waals surface area contributed by atoms with Gasteiger partial charge < -0.3 is 20.1 Å². The van der Waals surface area contributed by atoms with Gasteiger partial charge in [-0.1, -0.05) is 36.4 Å². The van der Waals surface area contributed by atoms with Crippen molar-refractivity contribution in [3.05, 3.63) is 42.5 Å². The molecule has 2 N–H and O–H groups in total. The zero-order chi connectivity index (χ0) is 16.8. The van der Waals surface area contributed by atoms with Gasteiger partial charge in [0.25, 0.3) is 0 Å². The molecule has 0 aliphatic carbocycles. The topological polar surface area (TPSA) is 61.8 Å². The van der Waals surface area contributed by atoms with Crippen molar-refractivity contribution >= 4 is 16.8 Å². The third kappa shape index (κ3) is 3.97. The smallest absolute Gasteiger partial charge is 0.317 e. The lowest BCUT2D eigenvalue weighted by Gasteiger charge is -2.31. The van der Waals surface area contributed by atoms with E-state index < -0.39 is 0 Å². The molecule has 0 aromatic heterocycles. The van der Waals surface area contributed by atoms with Crippen LogP contribution < -0.4 is 10.1 Å². The second-order valence-corrected chi connectivity index (χ2v) is 6.17. The monoisotopic (exact) mass is 328 g/mol. The van der Waals surface area contributed by atoms with E-state index in [1.54, 1.807) is 0 Å². The molecule has 0 saturated carbocycles. The Morgan fingerprint density at radius 1 is 1.17 bits per heavy atom. The quantitative estimate of drug-likeness (QED) is 0.830. The summed E-state index contributed by atoms with van der Waals surface area (Å²) < 4.78 is 5.83. The van der Waals surface area contributed by atoms with Gasteiger partial charge in [0, 0.05) is 25.1 Å². The van der Waals surface area contributed by atoms with Crippen LogP contribution in [0.4, 0.5) is 4.79 Å². The molecule has 0 spiro atoms. The van der Waals surface area contributed by atoms with Crippen molar-refractivity contribution in [2.75, 3.05) is 32.8 Å². The lowest BCUT2D eigenvalue weighted by molar-refractivity contribution is 0.136. The van der Waals surface area contributed by atoms with E-state index in [2.05, 4.69) is 17.4 Å². The SMILES string of the molecule is O=C(NCCOc1cccc2ccccc12)N1CCC(CO)CC1. The first-order valence-corrected chi connectivity index (χ1v) is 8.52. The van der Waals surface area contributed by atoms with Gasteiger partial charge in [0.05, 0.1) is 6.54 Å². The summed E-state index contributed by atoms with van der Waals surface area (Å²) in [6, 6.07) is 14.0. The molecule has 0 atom stereocenters. The van der Waals surface area contributed by atoms with Crippen molar-refractivity contribution in [3.8, 4) is 5.75 Å². The first-order chi connectivity index (χ1) is 11.8. The fraction of sp³-hybridized carbons (Fsp3) is 0.421. The number of urea groups is 1. The normalized spacial score (nSPS) is 15.5.